The first kappa shape index (κ1) is 16.5. The summed E-state index contributed by atoms with van der Waals surface area (Å²) in [5.74, 6) is 1.18. The molecule has 5 nitrogen and oxygen atoms in total. The van der Waals surface area contributed by atoms with E-state index < -0.39 is 0 Å². The van der Waals surface area contributed by atoms with E-state index in [9.17, 15) is 4.79 Å². The highest BCUT2D eigenvalue weighted by atomic mass is 16.5. The molecule has 3 aromatic rings. The van der Waals surface area contributed by atoms with Crippen molar-refractivity contribution in [1.82, 2.24) is 4.98 Å². The van der Waals surface area contributed by atoms with Crippen LogP contribution in [0.25, 0.3) is 0 Å². The Bertz CT molecular complexity index is 833. The van der Waals surface area contributed by atoms with Gasteiger partial charge in [0.25, 0.3) is 0 Å². The summed E-state index contributed by atoms with van der Waals surface area (Å²) in [5, 5.41) is 6.05. The van der Waals surface area contributed by atoms with Crippen molar-refractivity contribution in [2.75, 3.05) is 17.7 Å². The SMILES string of the molecule is COc1ccccc1Nc1ccc(NC(=O)Cc2ccccc2)nc1. The second-order valence-electron chi connectivity index (χ2n) is 5.47. The highest BCUT2D eigenvalue weighted by Crippen LogP contribution is 2.26. The lowest BCUT2D eigenvalue weighted by molar-refractivity contribution is -0.115. The van der Waals surface area contributed by atoms with E-state index in [1.807, 2.05) is 60.7 Å². The molecule has 1 heterocycles. The molecule has 0 atom stereocenters. The summed E-state index contributed by atoms with van der Waals surface area (Å²) >= 11 is 0. The molecule has 1 aromatic heterocycles. The first-order chi connectivity index (χ1) is 12.2. The van der Waals surface area contributed by atoms with Crippen LogP contribution in [0, 0.1) is 0 Å². The van der Waals surface area contributed by atoms with Crippen molar-refractivity contribution in [1.29, 1.82) is 0 Å². The Morgan fingerprint density at radius 1 is 1.00 bits per heavy atom. The molecular formula is C20H19N3O2. The number of pyridine rings is 1. The van der Waals surface area contributed by atoms with Crippen molar-refractivity contribution < 1.29 is 9.53 Å². The van der Waals surface area contributed by atoms with Gasteiger partial charge in [-0.25, -0.2) is 4.98 Å². The van der Waals surface area contributed by atoms with E-state index in [-0.39, 0.29) is 5.91 Å². The number of rotatable bonds is 6. The summed E-state index contributed by atoms with van der Waals surface area (Å²) in [4.78, 5) is 16.3. The smallest absolute Gasteiger partial charge is 0.229 e. The fraction of sp³-hybridized carbons (Fsp3) is 0.100. The summed E-state index contributed by atoms with van der Waals surface area (Å²) < 4.78 is 5.31. The lowest BCUT2D eigenvalue weighted by Gasteiger charge is -2.11. The van der Waals surface area contributed by atoms with Gasteiger partial charge in [0, 0.05) is 0 Å². The molecule has 0 saturated carbocycles. The van der Waals surface area contributed by atoms with Crippen molar-refractivity contribution in [3.05, 3.63) is 78.5 Å². The van der Waals surface area contributed by atoms with Gasteiger partial charge < -0.3 is 15.4 Å². The zero-order chi connectivity index (χ0) is 17.5. The largest absolute Gasteiger partial charge is 0.495 e. The van der Waals surface area contributed by atoms with Crippen LogP contribution in [-0.2, 0) is 11.2 Å². The number of carbonyl (C=O) groups is 1. The molecule has 5 heteroatoms. The van der Waals surface area contributed by atoms with E-state index in [0.717, 1.165) is 22.7 Å². The molecule has 0 unspecified atom stereocenters. The maximum absolute atomic E-state index is 12.1. The van der Waals surface area contributed by atoms with E-state index in [2.05, 4.69) is 15.6 Å². The van der Waals surface area contributed by atoms with Gasteiger partial charge in [-0.05, 0) is 29.8 Å². The number of ether oxygens (including phenoxy) is 1. The first-order valence-electron chi connectivity index (χ1n) is 7.94. The number of methoxy groups -OCH3 is 1. The van der Waals surface area contributed by atoms with Gasteiger partial charge in [-0.2, -0.15) is 0 Å². The Morgan fingerprint density at radius 3 is 2.48 bits per heavy atom. The van der Waals surface area contributed by atoms with Gasteiger partial charge >= 0.3 is 0 Å². The zero-order valence-corrected chi connectivity index (χ0v) is 13.9. The van der Waals surface area contributed by atoms with Gasteiger partial charge in [-0.15, -0.1) is 0 Å². The molecular weight excluding hydrogens is 314 g/mol. The Hall–Kier alpha value is -3.34. The van der Waals surface area contributed by atoms with Crippen molar-refractivity contribution in [3.63, 3.8) is 0 Å². The van der Waals surface area contributed by atoms with E-state index in [1.54, 1.807) is 19.4 Å². The summed E-state index contributed by atoms with van der Waals surface area (Å²) in [6.45, 7) is 0. The molecule has 25 heavy (non-hydrogen) atoms. The maximum atomic E-state index is 12.1. The summed E-state index contributed by atoms with van der Waals surface area (Å²) in [6.07, 6.45) is 1.99. The van der Waals surface area contributed by atoms with Gasteiger partial charge in [0.2, 0.25) is 5.91 Å². The minimum Gasteiger partial charge on any atom is -0.495 e. The molecule has 0 spiro atoms. The monoisotopic (exact) mass is 333 g/mol. The minimum absolute atomic E-state index is 0.0934. The van der Waals surface area contributed by atoms with Crippen molar-refractivity contribution >= 4 is 23.1 Å². The fourth-order valence-electron chi connectivity index (χ4n) is 2.41. The van der Waals surface area contributed by atoms with E-state index in [4.69, 9.17) is 4.74 Å². The second kappa shape index (κ2) is 7.97. The van der Waals surface area contributed by atoms with E-state index in [1.165, 1.54) is 0 Å². The minimum atomic E-state index is -0.0934. The number of nitrogens with one attached hydrogen (secondary N) is 2. The van der Waals surface area contributed by atoms with Crippen molar-refractivity contribution in [3.8, 4) is 5.75 Å². The van der Waals surface area contributed by atoms with Crippen LogP contribution < -0.4 is 15.4 Å². The third-order valence-corrected chi connectivity index (χ3v) is 3.62. The zero-order valence-electron chi connectivity index (χ0n) is 13.9. The Labute approximate surface area is 146 Å². The molecule has 0 aliphatic carbocycles. The molecule has 2 aromatic carbocycles. The van der Waals surface area contributed by atoms with Gasteiger partial charge in [-0.3, -0.25) is 4.79 Å². The number of nitrogens with zero attached hydrogens (tertiary/aromatic N) is 1. The summed E-state index contributed by atoms with van der Waals surface area (Å²) in [6, 6.07) is 20.9. The molecule has 0 saturated heterocycles. The second-order valence-corrected chi connectivity index (χ2v) is 5.47. The third kappa shape index (κ3) is 4.57. The average molecular weight is 333 g/mol. The van der Waals surface area contributed by atoms with Crippen LogP contribution in [0.3, 0.4) is 0 Å². The van der Waals surface area contributed by atoms with Gasteiger partial charge in [0.05, 0.1) is 31.1 Å². The van der Waals surface area contributed by atoms with Crippen LogP contribution in [0.5, 0.6) is 5.75 Å². The first-order valence-corrected chi connectivity index (χ1v) is 7.94. The quantitative estimate of drug-likeness (QED) is 0.715. The number of hydrogen-bond acceptors (Lipinski definition) is 4. The fourth-order valence-corrected chi connectivity index (χ4v) is 2.41. The van der Waals surface area contributed by atoms with Gasteiger partial charge in [-0.1, -0.05) is 42.5 Å². The number of para-hydroxylation sites is 2. The lowest BCUT2D eigenvalue weighted by atomic mass is 10.1. The molecule has 0 bridgehead atoms. The van der Waals surface area contributed by atoms with Crippen LogP contribution in [0.1, 0.15) is 5.56 Å². The molecule has 0 fully saturated rings. The lowest BCUT2D eigenvalue weighted by Crippen LogP contribution is -2.15. The maximum Gasteiger partial charge on any atom is 0.229 e. The number of anilines is 3. The number of carbonyl (C=O) groups excluding carboxylic acids is 1. The summed E-state index contributed by atoms with van der Waals surface area (Å²) in [7, 11) is 1.63. The third-order valence-electron chi connectivity index (χ3n) is 3.62. The Morgan fingerprint density at radius 2 is 1.76 bits per heavy atom. The van der Waals surface area contributed by atoms with Crippen LogP contribution >= 0.6 is 0 Å². The topological polar surface area (TPSA) is 63.2 Å². The highest BCUT2D eigenvalue weighted by Gasteiger charge is 2.06. The van der Waals surface area contributed by atoms with Crippen LogP contribution in [-0.4, -0.2) is 18.0 Å². The van der Waals surface area contributed by atoms with Crippen molar-refractivity contribution in [2.45, 2.75) is 6.42 Å². The molecule has 126 valence electrons. The van der Waals surface area contributed by atoms with Crippen LogP contribution in [0.4, 0.5) is 17.2 Å². The number of amides is 1. The summed E-state index contributed by atoms with van der Waals surface area (Å²) in [5.41, 5.74) is 2.63. The van der Waals surface area contributed by atoms with E-state index in [0.29, 0.717) is 12.2 Å². The van der Waals surface area contributed by atoms with E-state index >= 15 is 0 Å². The number of aromatic nitrogens is 1. The molecule has 2 N–H and O–H groups in total. The number of benzene rings is 2. The molecule has 0 radical (unpaired) electrons. The Kier molecular flexibility index (Phi) is 5.26. The standard InChI is InChI=1S/C20H19N3O2/c1-25-18-10-6-5-9-17(18)22-16-11-12-19(21-14-16)23-20(24)13-15-7-3-2-4-8-15/h2-12,14,22H,13H2,1H3,(H,21,23,24). The van der Waals surface area contributed by atoms with Gasteiger partial charge in [0.1, 0.15) is 11.6 Å². The molecule has 0 aliphatic heterocycles. The average Bonchev–Trinajstić information content (AvgIpc) is 2.64. The molecule has 1 amide bonds. The number of hydrogen-bond donors (Lipinski definition) is 2. The van der Waals surface area contributed by atoms with Crippen LogP contribution in [0.15, 0.2) is 72.9 Å². The van der Waals surface area contributed by atoms with Crippen molar-refractivity contribution in [2.24, 2.45) is 0 Å². The predicted octanol–water partition coefficient (Wildman–Crippen LogP) is 4.02. The molecule has 0 aliphatic rings. The van der Waals surface area contributed by atoms with Gasteiger partial charge in [0.15, 0.2) is 0 Å². The molecule has 3 rings (SSSR count). The predicted molar refractivity (Wildman–Crippen MR) is 99.3 cm³/mol. The Balaban J connectivity index is 1.61. The highest BCUT2D eigenvalue weighted by molar-refractivity contribution is 5.91. The van der Waals surface area contributed by atoms with Crippen LogP contribution in [0.2, 0.25) is 0 Å². The normalized spacial score (nSPS) is 10.1.